The van der Waals surface area contributed by atoms with Crippen molar-refractivity contribution in [1.29, 1.82) is 0 Å². The van der Waals surface area contributed by atoms with Gasteiger partial charge in [0.2, 0.25) is 0 Å². The average Bonchev–Trinajstić information content (AvgIpc) is 2.71. The molecule has 2 atom stereocenters. The number of esters is 1. The molecule has 0 amide bonds. The molecule has 1 aliphatic rings. The number of hydrogen-bond acceptors (Lipinski definition) is 3. The van der Waals surface area contributed by atoms with Crippen LogP contribution in [0.25, 0.3) is 0 Å². The first-order valence-corrected chi connectivity index (χ1v) is 7.41. The zero-order valence-electron chi connectivity index (χ0n) is 12.4. The summed E-state index contributed by atoms with van der Waals surface area (Å²) >= 11 is 0. The third-order valence-electron chi connectivity index (χ3n) is 3.34. The van der Waals surface area contributed by atoms with Crippen LogP contribution in [0.4, 0.5) is 0 Å². The summed E-state index contributed by atoms with van der Waals surface area (Å²) in [6.07, 6.45) is 8.40. The van der Waals surface area contributed by atoms with Crippen LogP contribution in [-0.4, -0.2) is 23.7 Å². The van der Waals surface area contributed by atoms with Crippen molar-refractivity contribution in [3.05, 3.63) is 0 Å². The lowest BCUT2D eigenvalue weighted by Gasteiger charge is -2.22. The van der Waals surface area contributed by atoms with E-state index < -0.39 is 0 Å². The maximum Gasteiger partial charge on any atom is 0.323 e. The Labute approximate surface area is 112 Å². The van der Waals surface area contributed by atoms with E-state index in [0.717, 1.165) is 12.8 Å². The first kappa shape index (κ1) is 15.5. The number of hydrogen-bond donors (Lipinski definition) is 1. The predicted octanol–water partition coefficient (Wildman–Crippen LogP) is 3.42. The highest BCUT2D eigenvalue weighted by atomic mass is 16.6. The Kier molecular flexibility index (Phi) is 6.13. The van der Waals surface area contributed by atoms with E-state index in [1.807, 2.05) is 20.8 Å². The SMILES string of the molecule is CCCCCC[C@H]1CC[C@@H](C(=O)OC(C)(C)C)N1. The molecule has 0 radical (unpaired) electrons. The molecule has 1 aliphatic heterocycles. The van der Waals surface area contributed by atoms with Crippen molar-refractivity contribution in [2.75, 3.05) is 0 Å². The highest BCUT2D eigenvalue weighted by Crippen LogP contribution is 2.20. The normalized spacial score (nSPS) is 24.2. The fourth-order valence-corrected chi connectivity index (χ4v) is 2.42. The molecule has 3 heteroatoms. The number of nitrogens with one attached hydrogen (secondary N) is 1. The maximum atomic E-state index is 11.9. The number of carbonyl (C=O) groups excluding carboxylic acids is 1. The van der Waals surface area contributed by atoms with Crippen molar-refractivity contribution < 1.29 is 9.53 Å². The minimum Gasteiger partial charge on any atom is -0.459 e. The lowest BCUT2D eigenvalue weighted by molar-refractivity contribution is -0.157. The zero-order valence-corrected chi connectivity index (χ0v) is 12.4. The lowest BCUT2D eigenvalue weighted by Crippen LogP contribution is -2.39. The van der Waals surface area contributed by atoms with Crippen molar-refractivity contribution in [3.63, 3.8) is 0 Å². The highest BCUT2D eigenvalue weighted by molar-refractivity contribution is 5.76. The Morgan fingerprint density at radius 2 is 1.94 bits per heavy atom. The molecule has 0 aliphatic carbocycles. The van der Waals surface area contributed by atoms with Gasteiger partial charge in [-0.05, 0) is 40.0 Å². The van der Waals surface area contributed by atoms with Gasteiger partial charge in [-0.2, -0.15) is 0 Å². The van der Waals surface area contributed by atoms with Crippen LogP contribution in [-0.2, 0) is 9.53 Å². The fraction of sp³-hybridized carbons (Fsp3) is 0.933. The molecule has 1 saturated heterocycles. The van der Waals surface area contributed by atoms with Crippen molar-refractivity contribution in [3.8, 4) is 0 Å². The number of rotatable bonds is 6. The highest BCUT2D eigenvalue weighted by Gasteiger charge is 2.31. The Bertz CT molecular complexity index is 258. The summed E-state index contributed by atoms with van der Waals surface area (Å²) in [5.74, 6) is -0.0847. The number of unbranched alkanes of at least 4 members (excludes halogenated alkanes) is 3. The molecule has 0 saturated carbocycles. The largest absolute Gasteiger partial charge is 0.459 e. The zero-order chi connectivity index (χ0) is 13.6. The summed E-state index contributed by atoms with van der Waals surface area (Å²) in [6, 6.07) is 0.430. The Morgan fingerprint density at radius 1 is 1.22 bits per heavy atom. The van der Waals surface area contributed by atoms with Crippen LogP contribution in [0.1, 0.15) is 72.6 Å². The molecule has 0 spiro atoms. The number of ether oxygens (including phenoxy) is 1. The van der Waals surface area contributed by atoms with Gasteiger partial charge in [-0.3, -0.25) is 4.79 Å². The molecule has 1 fully saturated rings. The van der Waals surface area contributed by atoms with E-state index in [1.54, 1.807) is 0 Å². The molecular weight excluding hydrogens is 226 g/mol. The van der Waals surface area contributed by atoms with Gasteiger partial charge in [0.25, 0.3) is 0 Å². The van der Waals surface area contributed by atoms with Gasteiger partial charge in [-0.1, -0.05) is 32.6 Å². The fourth-order valence-electron chi connectivity index (χ4n) is 2.42. The Morgan fingerprint density at radius 3 is 2.56 bits per heavy atom. The second-order valence-corrected chi connectivity index (χ2v) is 6.38. The quantitative estimate of drug-likeness (QED) is 0.584. The summed E-state index contributed by atoms with van der Waals surface area (Å²) in [6.45, 7) is 7.98. The van der Waals surface area contributed by atoms with Gasteiger partial charge in [0.15, 0.2) is 0 Å². The van der Waals surface area contributed by atoms with E-state index in [-0.39, 0.29) is 17.6 Å². The summed E-state index contributed by atoms with van der Waals surface area (Å²) in [7, 11) is 0. The Balaban J connectivity index is 2.22. The van der Waals surface area contributed by atoms with Gasteiger partial charge in [0.05, 0.1) is 0 Å². The molecule has 3 nitrogen and oxygen atoms in total. The second-order valence-electron chi connectivity index (χ2n) is 6.38. The Hall–Kier alpha value is -0.570. The molecular formula is C15H29NO2. The predicted molar refractivity (Wildman–Crippen MR) is 74.5 cm³/mol. The van der Waals surface area contributed by atoms with Crippen LogP contribution in [0.2, 0.25) is 0 Å². The van der Waals surface area contributed by atoms with E-state index in [9.17, 15) is 4.79 Å². The molecule has 0 aromatic carbocycles. The maximum absolute atomic E-state index is 11.9. The summed E-state index contributed by atoms with van der Waals surface area (Å²) in [5, 5.41) is 3.42. The van der Waals surface area contributed by atoms with Gasteiger partial charge < -0.3 is 10.1 Å². The van der Waals surface area contributed by atoms with Crippen molar-refractivity contribution >= 4 is 5.97 Å². The van der Waals surface area contributed by atoms with Gasteiger partial charge in [-0.25, -0.2) is 0 Å². The van der Waals surface area contributed by atoms with E-state index in [2.05, 4.69) is 12.2 Å². The van der Waals surface area contributed by atoms with Crippen molar-refractivity contribution in [1.82, 2.24) is 5.32 Å². The van der Waals surface area contributed by atoms with Crippen molar-refractivity contribution in [2.45, 2.75) is 90.3 Å². The minimum atomic E-state index is -0.377. The minimum absolute atomic E-state index is 0.0830. The molecule has 0 unspecified atom stereocenters. The second kappa shape index (κ2) is 7.13. The third kappa shape index (κ3) is 5.85. The molecule has 1 heterocycles. The third-order valence-corrected chi connectivity index (χ3v) is 3.34. The van der Waals surface area contributed by atoms with Crippen LogP contribution in [0.5, 0.6) is 0 Å². The summed E-state index contributed by atoms with van der Waals surface area (Å²) < 4.78 is 5.41. The van der Waals surface area contributed by atoms with Crippen LogP contribution in [0, 0.1) is 0 Å². The van der Waals surface area contributed by atoms with Gasteiger partial charge >= 0.3 is 5.97 Å². The molecule has 1 rings (SSSR count). The van der Waals surface area contributed by atoms with Gasteiger partial charge in [-0.15, -0.1) is 0 Å². The van der Waals surface area contributed by atoms with E-state index in [0.29, 0.717) is 6.04 Å². The molecule has 0 aromatic heterocycles. The van der Waals surface area contributed by atoms with Crippen LogP contribution in [0.15, 0.2) is 0 Å². The van der Waals surface area contributed by atoms with Gasteiger partial charge in [0.1, 0.15) is 11.6 Å². The number of carbonyl (C=O) groups is 1. The smallest absolute Gasteiger partial charge is 0.323 e. The first-order valence-electron chi connectivity index (χ1n) is 7.41. The standard InChI is InChI=1S/C15H29NO2/c1-5-6-7-8-9-12-10-11-13(16-12)14(17)18-15(2,3)4/h12-13,16H,5-11H2,1-4H3/t12-,13-/m0/s1. The first-order chi connectivity index (χ1) is 8.42. The van der Waals surface area contributed by atoms with E-state index in [1.165, 1.54) is 32.1 Å². The van der Waals surface area contributed by atoms with Crippen LogP contribution < -0.4 is 5.32 Å². The molecule has 106 valence electrons. The van der Waals surface area contributed by atoms with Gasteiger partial charge in [0, 0.05) is 6.04 Å². The van der Waals surface area contributed by atoms with E-state index in [4.69, 9.17) is 4.74 Å². The summed E-state index contributed by atoms with van der Waals surface area (Å²) in [5.41, 5.74) is -0.377. The van der Waals surface area contributed by atoms with E-state index >= 15 is 0 Å². The summed E-state index contributed by atoms with van der Waals surface area (Å²) in [4.78, 5) is 11.9. The topological polar surface area (TPSA) is 38.3 Å². The lowest BCUT2D eigenvalue weighted by atomic mass is 10.1. The van der Waals surface area contributed by atoms with Crippen LogP contribution in [0.3, 0.4) is 0 Å². The molecule has 1 N–H and O–H groups in total. The van der Waals surface area contributed by atoms with Crippen LogP contribution >= 0.6 is 0 Å². The average molecular weight is 255 g/mol. The molecule has 0 bridgehead atoms. The van der Waals surface area contributed by atoms with Crippen molar-refractivity contribution in [2.24, 2.45) is 0 Å². The molecule has 18 heavy (non-hydrogen) atoms. The molecule has 0 aromatic rings. The monoisotopic (exact) mass is 255 g/mol.